The zero-order valence-electron chi connectivity index (χ0n) is 5.98. The van der Waals surface area contributed by atoms with Crippen LogP contribution in [0.2, 0.25) is 9.10 Å². The van der Waals surface area contributed by atoms with E-state index < -0.39 is 0 Å². The van der Waals surface area contributed by atoms with E-state index in [1.165, 1.54) is 15.5 Å². The van der Waals surface area contributed by atoms with Crippen LogP contribution in [-0.2, 0) is 0 Å². The summed E-state index contributed by atoms with van der Waals surface area (Å²) in [7, 11) is 0. The van der Waals surface area contributed by atoms with Gasteiger partial charge in [-0.1, -0.05) is 19.4 Å². The molecule has 0 aromatic rings. The normalized spacial score (nSPS) is 9.75. The van der Waals surface area contributed by atoms with Crippen LogP contribution in [-0.4, -0.2) is 20.4 Å². The molecule has 0 heterocycles. The van der Waals surface area contributed by atoms with Gasteiger partial charge < -0.3 is 0 Å². The van der Waals surface area contributed by atoms with E-state index in [0.717, 1.165) is 0 Å². The highest BCUT2D eigenvalue weighted by atomic mass is 24.5. The molecule has 0 bridgehead atoms. The summed E-state index contributed by atoms with van der Waals surface area (Å²) in [5, 5.41) is 0. The lowest BCUT2D eigenvalue weighted by molar-refractivity contribution is 1.07. The minimum atomic E-state index is 0.313. The van der Waals surface area contributed by atoms with Crippen LogP contribution in [0.25, 0.3) is 0 Å². The highest BCUT2D eigenvalue weighted by molar-refractivity contribution is 6.35. The fraction of sp³-hybridized carbons (Fsp3) is 0.714. The van der Waals surface area contributed by atoms with Crippen molar-refractivity contribution in [2.75, 3.05) is 0 Å². The van der Waals surface area contributed by atoms with E-state index in [2.05, 4.69) is 26.0 Å². The van der Waals surface area contributed by atoms with Crippen molar-refractivity contribution >= 4 is 20.4 Å². The summed E-state index contributed by atoms with van der Waals surface area (Å²) in [6.45, 7) is 4.36. The maximum Gasteiger partial charge on any atom is 0.369 e. The average Bonchev–Trinajstić information content (AvgIpc) is 1.81. The summed E-state index contributed by atoms with van der Waals surface area (Å²) in [6.07, 6.45) is 5.84. The highest BCUT2D eigenvalue weighted by Crippen LogP contribution is 1.90. The number of allylic oxidation sites excluding steroid dienone is 2. The monoisotopic (exact) mass is 122 g/mol. The van der Waals surface area contributed by atoms with E-state index in [1.54, 1.807) is 0 Å². The van der Waals surface area contributed by atoms with Crippen molar-refractivity contribution in [3.8, 4) is 0 Å². The molecule has 0 aliphatic rings. The zero-order valence-corrected chi connectivity index (χ0v) is 7.40. The zero-order chi connectivity index (χ0) is 6.24. The summed E-state index contributed by atoms with van der Waals surface area (Å²) in [6, 6.07) is 0. The third-order valence-corrected chi connectivity index (χ3v) is 3.16. The van der Waals surface area contributed by atoms with Crippen molar-refractivity contribution in [2.24, 2.45) is 0 Å². The average molecular weight is 122 g/mol. The maximum atomic E-state index is 2.29. The Morgan fingerprint density at radius 3 is 2.75 bits per heavy atom. The van der Waals surface area contributed by atoms with Gasteiger partial charge in [-0.15, -0.1) is 15.2 Å². The second-order valence-electron chi connectivity index (χ2n) is 2.06. The van der Waals surface area contributed by atoms with Crippen LogP contribution in [0, 0.1) is 0 Å². The van der Waals surface area contributed by atoms with Crippen molar-refractivity contribution in [2.45, 2.75) is 29.4 Å². The number of rotatable bonds is 4. The van der Waals surface area contributed by atoms with Crippen molar-refractivity contribution in [1.29, 1.82) is 0 Å². The van der Waals surface area contributed by atoms with Gasteiger partial charge in [-0.05, 0) is 6.92 Å². The summed E-state index contributed by atoms with van der Waals surface area (Å²) < 4.78 is 2.93. The van der Waals surface area contributed by atoms with Gasteiger partial charge in [-0.3, -0.25) is 0 Å². The van der Waals surface area contributed by atoms with E-state index in [-0.39, 0.29) is 0 Å². The molecule has 0 spiro atoms. The molecule has 0 aromatic heterocycles. The second-order valence-corrected chi connectivity index (χ2v) is 4.06. The molecule has 0 aliphatic heterocycles. The summed E-state index contributed by atoms with van der Waals surface area (Å²) in [4.78, 5) is 0. The van der Waals surface area contributed by atoms with Crippen LogP contribution in [0.3, 0.4) is 0 Å². The van der Waals surface area contributed by atoms with Crippen LogP contribution >= 0.6 is 0 Å². The molecule has 0 amide bonds. The van der Waals surface area contributed by atoms with E-state index in [9.17, 15) is 0 Å². The topological polar surface area (TPSA) is 0 Å². The second kappa shape index (κ2) is 7.51. The van der Waals surface area contributed by atoms with E-state index in [0.29, 0.717) is 20.4 Å². The first-order valence-electron chi connectivity index (χ1n) is 3.53. The first-order valence-corrected chi connectivity index (χ1v) is 5.53. The van der Waals surface area contributed by atoms with Crippen molar-refractivity contribution in [1.82, 2.24) is 0 Å². The predicted molar refractivity (Wildman–Crippen MR) is 40.5 cm³/mol. The quantitative estimate of drug-likeness (QED) is 0.305. The SMILES string of the molecule is CC=C[CH2][Mg][CH2]CC. The van der Waals surface area contributed by atoms with E-state index in [4.69, 9.17) is 0 Å². The largest absolute Gasteiger partial charge is 0.369 e. The van der Waals surface area contributed by atoms with Gasteiger partial charge in [0.1, 0.15) is 0 Å². The highest BCUT2D eigenvalue weighted by Gasteiger charge is 1.87. The molecule has 0 rings (SSSR count). The van der Waals surface area contributed by atoms with Crippen LogP contribution in [0.1, 0.15) is 20.3 Å². The molecule has 0 fully saturated rings. The molecule has 0 saturated carbocycles. The smallest absolute Gasteiger partial charge is 0.146 e. The molecular formula is C7H14Mg. The van der Waals surface area contributed by atoms with Crippen molar-refractivity contribution < 1.29 is 0 Å². The Morgan fingerprint density at radius 2 is 2.25 bits per heavy atom. The summed E-state index contributed by atoms with van der Waals surface area (Å²) >= 11 is 0.313. The first kappa shape index (κ1) is 8.51. The Balaban J connectivity index is 2.72. The van der Waals surface area contributed by atoms with Gasteiger partial charge in [0.2, 0.25) is 0 Å². The van der Waals surface area contributed by atoms with Gasteiger partial charge in [-0.2, -0.15) is 0 Å². The van der Waals surface area contributed by atoms with Crippen LogP contribution < -0.4 is 0 Å². The first-order chi connectivity index (χ1) is 3.91. The lowest BCUT2D eigenvalue weighted by Crippen LogP contribution is -1.82. The van der Waals surface area contributed by atoms with Crippen molar-refractivity contribution in [3.05, 3.63) is 12.2 Å². The maximum absolute atomic E-state index is 2.29. The number of hydrogen-bond acceptors (Lipinski definition) is 0. The van der Waals surface area contributed by atoms with Crippen LogP contribution in [0.15, 0.2) is 12.2 Å². The Labute approximate surface area is 62.1 Å². The minimum Gasteiger partial charge on any atom is -0.146 e. The van der Waals surface area contributed by atoms with Gasteiger partial charge in [0.25, 0.3) is 0 Å². The molecule has 0 atom stereocenters. The third-order valence-electron chi connectivity index (χ3n) is 1.21. The van der Waals surface area contributed by atoms with Crippen molar-refractivity contribution in [3.63, 3.8) is 0 Å². The molecule has 0 unspecified atom stereocenters. The molecular weight excluding hydrogens is 108 g/mol. The Kier molecular flexibility index (Phi) is 7.98. The Bertz CT molecular complexity index is 57.4. The predicted octanol–water partition coefficient (Wildman–Crippen LogP) is 2.51. The molecule has 8 heavy (non-hydrogen) atoms. The van der Waals surface area contributed by atoms with Crippen LogP contribution in [0.5, 0.6) is 0 Å². The molecule has 0 saturated heterocycles. The van der Waals surface area contributed by atoms with E-state index in [1.807, 2.05) is 0 Å². The minimum absolute atomic E-state index is 0.313. The molecule has 0 radical (unpaired) electrons. The fourth-order valence-electron chi connectivity index (χ4n) is 0.679. The molecule has 44 valence electrons. The molecule has 0 nitrogen and oxygen atoms in total. The third kappa shape index (κ3) is 6.51. The lowest BCUT2D eigenvalue weighted by atomic mass is 10.6. The number of hydrogen-bond donors (Lipinski definition) is 0. The van der Waals surface area contributed by atoms with Gasteiger partial charge in [0.15, 0.2) is 0 Å². The standard InChI is InChI=1S/C4H7.C3H7.Mg/c1-3-4-2;1-3-2;/h3-4H,1H2,2H3;1,3H2,2H3;. The molecule has 0 N–H and O–H groups in total. The summed E-state index contributed by atoms with van der Waals surface area (Å²) in [5.74, 6) is 0. The fourth-order valence-corrected chi connectivity index (χ4v) is 2.04. The molecule has 0 aromatic carbocycles. The van der Waals surface area contributed by atoms with Crippen LogP contribution in [0.4, 0.5) is 0 Å². The van der Waals surface area contributed by atoms with Gasteiger partial charge in [0.05, 0.1) is 0 Å². The molecule has 1 heteroatoms. The molecule has 0 aliphatic carbocycles. The Hall–Kier alpha value is 0.506. The Morgan fingerprint density at radius 1 is 1.50 bits per heavy atom. The lowest BCUT2D eigenvalue weighted by Gasteiger charge is -1.84. The van der Waals surface area contributed by atoms with Gasteiger partial charge in [0, 0.05) is 0 Å². The van der Waals surface area contributed by atoms with Gasteiger partial charge >= 0.3 is 20.4 Å². The van der Waals surface area contributed by atoms with E-state index >= 15 is 0 Å². The summed E-state index contributed by atoms with van der Waals surface area (Å²) in [5.41, 5.74) is 0. The van der Waals surface area contributed by atoms with Gasteiger partial charge in [-0.25, -0.2) is 0 Å².